The molecular formula is C27H34ClF3N2O. The van der Waals surface area contributed by atoms with Gasteiger partial charge >= 0.3 is 6.18 Å². The summed E-state index contributed by atoms with van der Waals surface area (Å²) in [5, 5.41) is 0.517. The molecule has 0 spiro atoms. The highest BCUT2D eigenvalue weighted by Crippen LogP contribution is 2.39. The number of rotatable bonds is 7. The standard InChI is InChI=1S/C27H34ClF3N2O/c1-32-12-14-33(15-13-32)18-24(21-7-3-2-4-8-21)22-10-11-26(25(28)17-22)34-19-20-6-5-9-23(16-20)27(29,30)31/h5-6,9-11,16-17,21,24H,2-4,7-8,12-15,18-19H2,1H3. The van der Waals surface area contributed by atoms with Gasteiger partial charge in [0.2, 0.25) is 0 Å². The SMILES string of the molecule is CN1CCN(CC(c2ccc(OCc3cccc(C(F)(F)F)c3)c(Cl)c2)C2CCCCC2)CC1. The highest BCUT2D eigenvalue weighted by Gasteiger charge is 2.31. The fourth-order valence-corrected chi connectivity index (χ4v) is 5.48. The minimum absolute atomic E-state index is 0.0380. The maximum Gasteiger partial charge on any atom is 0.416 e. The number of hydrogen-bond acceptors (Lipinski definition) is 3. The molecule has 7 heteroatoms. The van der Waals surface area contributed by atoms with Crippen molar-refractivity contribution in [3.8, 4) is 5.75 Å². The highest BCUT2D eigenvalue weighted by atomic mass is 35.5. The lowest BCUT2D eigenvalue weighted by Gasteiger charge is -2.38. The Morgan fingerprint density at radius 1 is 1.00 bits per heavy atom. The van der Waals surface area contributed by atoms with Crippen LogP contribution in [0.4, 0.5) is 13.2 Å². The van der Waals surface area contributed by atoms with Crippen LogP contribution in [0.1, 0.15) is 54.7 Å². The molecule has 1 saturated carbocycles. The van der Waals surface area contributed by atoms with E-state index in [2.05, 4.69) is 22.9 Å². The molecule has 2 aromatic rings. The molecule has 1 saturated heterocycles. The molecule has 2 aliphatic rings. The molecule has 1 atom stereocenters. The molecule has 1 unspecified atom stereocenters. The molecule has 0 aromatic heterocycles. The van der Waals surface area contributed by atoms with E-state index in [4.69, 9.17) is 16.3 Å². The van der Waals surface area contributed by atoms with E-state index >= 15 is 0 Å². The Kier molecular flexibility index (Phi) is 8.43. The molecule has 34 heavy (non-hydrogen) atoms. The van der Waals surface area contributed by atoms with Crippen molar-refractivity contribution in [2.75, 3.05) is 39.8 Å². The summed E-state index contributed by atoms with van der Waals surface area (Å²) >= 11 is 6.62. The van der Waals surface area contributed by atoms with E-state index in [1.165, 1.54) is 43.7 Å². The first kappa shape index (κ1) is 25.3. The van der Waals surface area contributed by atoms with Gasteiger partial charge in [-0.1, -0.05) is 49.1 Å². The molecule has 4 rings (SSSR count). The van der Waals surface area contributed by atoms with E-state index in [0.29, 0.717) is 28.2 Å². The maximum absolute atomic E-state index is 13.0. The second-order valence-electron chi connectivity index (χ2n) is 9.79. The predicted octanol–water partition coefficient (Wildman–Crippen LogP) is 6.85. The summed E-state index contributed by atoms with van der Waals surface area (Å²) in [6.07, 6.45) is 2.04. The second kappa shape index (κ2) is 11.3. The first-order valence-corrected chi connectivity index (χ1v) is 12.7. The van der Waals surface area contributed by atoms with Crippen molar-refractivity contribution in [3.05, 3.63) is 64.2 Å². The summed E-state index contributed by atoms with van der Waals surface area (Å²) < 4.78 is 44.8. The number of halogens is 4. The van der Waals surface area contributed by atoms with Crippen LogP contribution < -0.4 is 4.74 Å². The molecule has 0 amide bonds. The quantitative estimate of drug-likeness (QED) is 0.418. The molecule has 2 aromatic carbocycles. The van der Waals surface area contributed by atoms with Crippen molar-refractivity contribution in [1.29, 1.82) is 0 Å². The van der Waals surface area contributed by atoms with Gasteiger partial charge in [0.25, 0.3) is 0 Å². The van der Waals surface area contributed by atoms with Crippen LogP contribution in [-0.2, 0) is 12.8 Å². The van der Waals surface area contributed by atoms with Gasteiger partial charge in [-0.15, -0.1) is 0 Å². The van der Waals surface area contributed by atoms with Crippen LogP contribution in [0.25, 0.3) is 0 Å². The zero-order chi connectivity index (χ0) is 24.1. The Labute approximate surface area is 205 Å². The molecule has 1 heterocycles. The van der Waals surface area contributed by atoms with Crippen molar-refractivity contribution in [3.63, 3.8) is 0 Å². The molecule has 0 radical (unpaired) electrons. The van der Waals surface area contributed by atoms with Gasteiger partial charge in [-0.2, -0.15) is 13.2 Å². The van der Waals surface area contributed by atoms with Gasteiger partial charge in [-0.3, -0.25) is 0 Å². The molecule has 3 nitrogen and oxygen atoms in total. The van der Waals surface area contributed by atoms with Crippen LogP contribution in [-0.4, -0.2) is 49.6 Å². The van der Waals surface area contributed by atoms with Gasteiger partial charge in [0.05, 0.1) is 10.6 Å². The molecule has 0 N–H and O–H groups in total. The number of piperazine rings is 1. The summed E-state index contributed by atoms with van der Waals surface area (Å²) in [6.45, 7) is 5.45. The van der Waals surface area contributed by atoms with Crippen LogP contribution in [0.2, 0.25) is 5.02 Å². The van der Waals surface area contributed by atoms with Crippen LogP contribution in [0.3, 0.4) is 0 Å². The third-order valence-corrected chi connectivity index (χ3v) is 7.60. The van der Waals surface area contributed by atoms with Crippen LogP contribution in [0, 0.1) is 5.92 Å². The average molecular weight is 495 g/mol. The van der Waals surface area contributed by atoms with E-state index in [0.717, 1.165) is 44.9 Å². The molecule has 186 valence electrons. The van der Waals surface area contributed by atoms with Crippen molar-refractivity contribution >= 4 is 11.6 Å². The lowest BCUT2D eigenvalue weighted by Crippen LogP contribution is -2.46. The summed E-state index contributed by atoms with van der Waals surface area (Å²) in [6, 6.07) is 11.2. The summed E-state index contributed by atoms with van der Waals surface area (Å²) in [5.41, 5.74) is 1.03. The van der Waals surface area contributed by atoms with Crippen LogP contribution in [0.5, 0.6) is 5.75 Å². The fraction of sp³-hybridized carbons (Fsp3) is 0.556. The Balaban J connectivity index is 1.46. The first-order valence-electron chi connectivity index (χ1n) is 12.3. The van der Waals surface area contributed by atoms with Gasteiger partial charge < -0.3 is 14.5 Å². The van der Waals surface area contributed by atoms with Crippen LogP contribution in [0.15, 0.2) is 42.5 Å². The lowest BCUT2D eigenvalue weighted by molar-refractivity contribution is -0.137. The topological polar surface area (TPSA) is 15.7 Å². The normalized spacial score (nSPS) is 19.8. The van der Waals surface area contributed by atoms with Gasteiger partial charge in [0.1, 0.15) is 12.4 Å². The lowest BCUT2D eigenvalue weighted by atomic mass is 9.76. The van der Waals surface area contributed by atoms with Crippen LogP contribution >= 0.6 is 11.6 Å². The average Bonchev–Trinajstić information content (AvgIpc) is 2.83. The van der Waals surface area contributed by atoms with Gasteiger partial charge in [0.15, 0.2) is 0 Å². The molecule has 0 bridgehead atoms. The van der Waals surface area contributed by atoms with Crippen molar-refractivity contribution in [1.82, 2.24) is 9.80 Å². The third-order valence-electron chi connectivity index (χ3n) is 7.30. The zero-order valence-corrected chi connectivity index (χ0v) is 20.5. The molecule has 1 aliphatic heterocycles. The van der Waals surface area contributed by atoms with E-state index in [1.807, 2.05) is 12.1 Å². The maximum atomic E-state index is 13.0. The number of hydrogen-bond donors (Lipinski definition) is 0. The Morgan fingerprint density at radius 3 is 2.41 bits per heavy atom. The first-order chi connectivity index (χ1) is 16.3. The Morgan fingerprint density at radius 2 is 1.74 bits per heavy atom. The number of alkyl halides is 3. The second-order valence-corrected chi connectivity index (χ2v) is 10.2. The zero-order valence-electron chi connectivity index (χ0n) is 19.8. The number of nitrogens with zero attached hydrogens (tertiary/aromatic N) is 2. The van der Waals surface area contributed by atoms with E-state index < -0.39 is 11.7 Å². The number of ether oxygens (including phenoxy) is 1. The number of likely N-dealkylation sites (N-methyl/N-ethyl adjacent to an activating group) is 1. The van der Waals surface area contributed by atoms with Gasteiger partial charge in [-0.05, 0) is 67.1 Å². The van der Waals surface area contributed by atoms with Crippen molar-refractivity contribution < 1.29 is 17.9 Å². The summed E-state index contributed by atoms with van der Waals surface area (Å²) in [5.74, 6) is 1.59. The monoisotopic (exact) mass is 494 g/mol. The number of benzene rings is 2. The fourth-order valence-electron chi connectivity index (χ4n) is 5.24. The largest absolute Gasteiger partial charge is 0.487 e. The van der Waals surface area contributed by atoms with Gasteiger partial charge in [-0.25, -0.2) is 0 Å². The van der Waals surface area contributed by atoms with E-state index in [9.17, 15) is 13.2 Å². The van der Waals surface area contributed by atoms with Gasteiger partial charge in [0, 0.05) is 32.7 Å². The molecule has 1 aliphatic carbocycles. The van der Waals surface area contributed by atoms with E-state index in [1.54, 1.807) is 6.07 Å². The van der Waals surface area contributed by atoms with Crippen molar-refractivity contribution in [2.45, 2.75) is 50.8 Å². The summed E-state index contributed by atoms with van der Waals surface area (Å²) in [7, 11) is 2.17. The highest BCUT2D eigenvalue weighted by molar-refractivity contribution is 6.32. The smallest absolute Gasteiger partial charge is 0.416 e. The van der Waals surface area contributed by atoms with E-state index in [-0.39, 0.29) is 6.61 Å². The Hall–Kier alpha value is -1.76. The Bertz CT molecular complexity index is 938. The minimum atomic E-state index is -4.37. The summed E-state index contributed by atoms with van der Waals surface area (Å²) in [4.78, 5) is 4.95. The predicted molar refractivity (Wildman–Crippen MR) is 130 cm³/mol. The minimum Gasteiger partial charge on any atom is -0.487 e. The van der Waals surface area contributed by atoms with Crippen molar-refractivity contribution in [2.24, 2.45) is 5.92 Å². The molecule has 2 fully saturated rings. The molecular weight excluding hydrogens is 461 g/mol. The third kappa shape index (κ3) is 6.67.